The van der Waals surface area contributed by atoms with Gasteiger partial charge < -0.3 is 0 Å². The Morgan fingerprint density at radius 2 is 1.54 bits per heavy atom. The van der Waals surface area contributed by atoms with Crippen LogP contribution in [0.2, 0.25) is 0 Å². The summed E-state index contributed by atoms with van der Waals surface area (Å²) in [5.74, 6) is 0. The van der Waals surface area contributed by atoms with Crippen LogP contribution in [0.1, 0.15) is 0 Å². The molecule has 1 aliphatic heterocycles. The van der Waals surface area contributed by atoms with E-state index in [1.165, 1.54) is 22.7 Å². The summed E-state index contributed by atoms with van der Waals surface area (Å²) in [6.45, 7) is -2.72. The van der Waals surface area contributed by atoms with E-state index in [9.17, 15) is 4.57 Å². The highest BCUT2D eigenvalue weighted by Crippen LogP contribution is 2.59. The van der Waals surface area contributed by atoms with Crippen molar-refractivity contribution >= 4 is 49.6 Å². The van der Waals surface area contributed by atoms with Gasteiger partial charge in [0.15, 0.2) is 0 Å². The van der Waals surface area contributed by atoms with Gasteiger partial charge in [-0.15, -0.1) is 22.7 Å². The molecular weight excluding hydrogens is 243 g/mol. The van der Waals surface area contributed by atoms with E-state index < -0.39 is 6.49 Å². The van der Waals surface area contributed by atoms with Gasteiger partial charge in [-0.3, -0.25) is 4.57 Å². The molecule has 0 amide bonds. The zero-order chi connectivity index (χ0) is 9.05. The van der Waals surface area contributed by atoms with Gasteiger partial charge in [0.05, 0.1) is 9.24 Å². The number of hydrogen-bond acceptors (Lipinski definition) is 3. The van der Waals surface area contributed by atoms with Crippen LogP contribution in [0.25, 0.3) is 11.1 Å². The van der Waals surface area contributed by atoms with E-state index in [4.69, 9.17) is 11.2 Å². The van der Waals surface area contributed by atoms with Crippen LogP contribution >= 0.6 is 40.4 Å². The number of halogens is 1. The maximum atomic E-state index is 12.2. The molecule has 0 N–H and O–H groups in total. The first-order valence-corrected chi connectivity index (χ1v) is 8.04. The first kappa shape index (κ1) is 8.25. The molecule has 3 rings (SSSR count). The lowest BCUT2D eigenvalue weighted by Gasteiger charge is -1.98. The van der Waals surface area contributed by atoms with Crippen molar-refractivity contribution in [1.29, 1.82) is 0 Å². The van der Waals surface area contributed by atoms with E-state index in [2.05, 4.69) is 0 Å². The molecule has 0 saturated carbocycles. The molecule has 0 atom stereocenters. The standard InChI is InChI=1S/C8H4ClOPS2/c9-11(10)7-5(1-3-12-7)6-2-4-13-8(6)11/h1-4H. The molecular formula is C8H4ClOPS2. The summed E-state index contributed by atoms with van der Waals surface area (Å²) in [6.07, 6.45) is 0. The molecule has 1 aliphatic rings. The van der Waals surface area contributed by atoms with Crippen molar-refractivity contribution in [3.8, 4) is 11.1 Å². The Balaban J connectivity index is 2.51. The molecule has 0 aliphatic carbocycles. The van der Waals surface area contributed by atoms with Crippen LogP contribution < -0.4 is 9.24 Å². The van der Waals surface area contributed by atoms with Crippen molar-refractivity contribution in [3.05, 3.63) is 22.9 Å². The minimum absolute atomic E-state index is 0.857. The minimum atomic E-state index is -2.72. The Labute approximate surface area is 88.1 Å². The topological polar surface area (TPSA) is 17.1 Å². The number of hydrogen-bond donors (Lipinski definition) is 0. The van der Waals surface area contributed by atoms with E-state index in [1.807, 2.05) is 22.9 Å². The Morgan fingerprint density at radius 3 is 2.00 bits per heavy atom. The fourth-order valence-corrected chi connectivity index (χ4v) is 7.45. The summed E-state index contributed by atoms with van der Waals surface area (Å²) < 4.78 is 13.9. The predicted molar refractivity (Wildman–Crippen MR) is 60.4 cm³/mol. The third-order valence-electron chi connectivity index (χ3n) is 2.10. The van der Waals surface area contributed by atoms with Gasteiger partial charge in [0, 0.05) is 11.1 Å². The molecule has 0 saturated heterocycles. The molecule has 0 spiro atoms. The quantitative estimate of drug-likeness (QED) is 0.652. The summed E-state index contributed by atoms with van der Waals surface area (Å²) in [5, 5.41) is 3.89. The molecule has 2 aromatic heterocycles. The van der Waals surface area contributed by atoms with Crippen LogP contribution in [-0.2, 0) is 4.57 Å². The van der Waals surface area contributed by atoms with Gasteiger partial charge >= 0.3 is 0 Å². The molecule has 1 nitrogen and oxygen atoms in total. The summed E-state index contributed by atoms with van der Waals surface area (Å²) in [7, 11) is 0. The Hall–Kier alpha value is -0.0800. The van der Waals surface area contributed by atoms with E-state index in [1.54, 1.807) is 0 Å². The highest BCUT2D eigenvalue weighted by Gasteiger charge is 2.39. The molecule has 66 valence electrons. The Morgan fingerprint density at radius 1 is 1.08 bits per heavy atom. The monoisotopic (exact) mass is 246 g/mol. The van der Waals surface area contributed by atoms with Crippen molar-refractivity contribution in [2.45, 2.75) is 0 Å². The first-order chi connectivity index (χ1) is 6.21. The van der Waals surface area contributed by atoms with Gasteiger partial charge in [0.1, 0.15) is 0 Å². The number of rotatable bonds is 0. The largest absolute Gasteiger partial charge is 0.295 e. The van der Waals surface area contributed by atoms with Crippen molar-refractivity contribution < 1.29 is 4.57 Å². The average molecular weight is 247 g/mol. The van der Waals surface area contributed by atoms with Gasteiger partial charge in [-0.05, 0) is 34.1 Å². The van der Waals surface area contributed by atoms with Crippen molar-refractivity contribution in [2.75, 3.05) is 0 Å². The first-order valence-electron chi connectivity index (χ1n) is 3.67. The van der Waals surface area contributed by atoms with E-state index >= 15 is 0 Å². The molecule has 2 aromatic rings. The molecule has 3 heterocycles. The zero-order valence-corrected chi connectivity index (χ0v) is 9.64. The minimum Gasteiger partial charge on any atom is -0.295 e. The second-order valence-electron chi connectivity index (χ2n) is 2.81. The van der Waals surface area contributed by atoms with Crippen LogP contribution in [-0.4, -0.2) is 0 Å². The normalized spacial score (nSPS) is 17.0. The van der Waals surface area contributed by atoms with E-state index in [0.717, 1.165) is 20.4 Å². The molecule has 0 aromatic carbocycles. The van der Waals surface area contributed by atoms with Gasteiger partial charge in [-0.1, -0.05) is 0 Å². The van der Waals surface area contributed by atoms with Crippen LogP contribution in [0.5, 0.6) is 0 Å². The Bertz CT molecular complexity index is 483. The van der Waals surface area contributed by atoms with Crippen molar-refractivity contribution in [1.82, 2.24) is 0 Å². The van der Waals surface area contributed by atoms with Gasteiger partial charge in [0.2, 0.25) is 6.49 Å². The van der Waals surface area contributed by atoms with E-state index in [-0.39, 0.29) is 0 Å². The van der Waals surface area contributed by atoms with Crippen LogP contribution in [0.3, 0.4) is 0 Å². The molecule has 0 fully saturated rings. The summed E-state index contributed by atoms with van der Waals surface area (Å²) in [4.78, 5) is 0. The van der Waals surface area contributed by atoms with Gasteiger partial charge in [0.25, 0.3) is 0 Å². The third-order valence-corrected chi connectivity index (χ3v) is 8.85. The highest BCUT2D eigenvalue weighted by molar-refractivity contribution is 8.06. The lowest BCUT2D eigenvalue weighted by atomic mass is 10.2. The Kier molecular flexibility index (Phi) is 1.58. The van der Waals surface area contributed by atoms with E-state index in [0.29, 0.717) is 0 Å². The maximum absolute atomic E-state index is 12.2. The molecule has 0 radical (unpaired) electrons. The van der Waals surface area contributed by atoms with Crippen LogP contribution in [0.15, 0.2) is 22.9 Å². The lowest BCUT2D eigenvalue weighted by Crippen LogP contribution is -1.96. The fourth-order valence-electron chi connectivity index (χ4n) is 1.55. The van der Waals surface area contributed by atoms with Crippen LogP contribution in [0, 0.1) is 0 Å². The zero-order valence-electron chi connectivity index (χ0n) is 6.36. The predicted octanol–water partition coefficient (Wildman–Crippen LogP) is 3.26. The molecule has 5 heteroatoms. The second kappa shape index (κ2) is 2.48. The SMILES string of the molecule is O=P1(Cl)c2sccc2-c2ccsc21. The fraction of sp³-hybridized carbons (Fsp3) is 0. The third kappa shape index (κ3) is 0.909. The van der Waals surface area contributed by atoms with Crippen molar-refractivity contribution in [3.63, 3.8) is 0 Å². The number of thiophene rings is 2. The smallest absolute Gasteiger partial charge is 0.246 e. The summed E-state index contributed by atoms with van der Waals surface area (Å²) in [5.41, 5.74) is 2.14. The van der Waals surface area contributed by atoms with Crippen LogP contribution in [0.4, 0.5) is 0 Å². The molecule has 0 bridgehead atoms. The second-order valence-corrected chi connectivity index (χ2v) is 8.64. The van der Waals surface area contributed by atoms with Crippen molar-refractivity contribution in [2.24, 2.45) is 0 Å². The summed E-state index contributed by atoms with van der Waals surface area (Å²) >= 11 is 9.07. The molecule has 13 heavy (non-hydrogen) atoms. The lowest BCUT2D eigenvalue weighted by molar-refractivity contribution is 0.596. The number of fused-ring (bicyclic) bond motifs is 3. The highest BCUT2D eigenvalue weighted by atomic mass is 35.7. The molecule has 0 unspecified atom stereocenters. The van der Waals surface area contributed by atoms with Gasteiger partial charge in [-0.2, -0.15) is 0 Å². The average Bonchev–Trinajstić information content (AvgIpc) is 2.74. The van der Waals surface area contributed by atoms with Gasteiger partial charge in [-0.25, -0.2) is 0 Å². The maximum Gasteiger partial charge on any atom is 0.246 e. The summed E-state index contributed by atoms with van der Waals surface area (Å²) in [6, 6.07) is 3.99.